The van der Waals surface area contributed by atoms with Crippen LogP contribution in [0.4, 0.5) is 15.9 Å². The molecule has 0 fully saturated rings. The number of nitrogens with one attached hydrogen (secondary N) is 1. The molecule has 0 unspecified atom stereocenters. The fourth-order valence-electron chi connectivity index (χ4n) is 2.09. The molecular weight excluding hydrogens is 309 g/mol. The van der Waals surface area contributed by atoms with Crippen LogP contribution in [-0.2, 0) is 0 Å². The van der Waals surface area contributed by atoms with Crippen LogP contribution in [0.2, 0.25) is 0 Å². The number of anilines is 2. The Morgan fingerprint density at radius 1 is 1.08 bits per heavy atom. The lowest BCUT2D eigenvalue weighted by Gasteiger charge is -2.08. The smallest absolute Gasteiger partial charge is 0.343 e. The number of esters is 1. The molecule has 0 spiro atoms. The van der Waals surface area contributed by atoms with Crippen molar-refractivity contribution in [3.05, 3.63) is 78.0 Å². The minimum absolute atomic E-state index is 0.153. The fraction of sp³-hybridized carbons (Fsp3) is 0.0556. The first-order valence-electron chi connectivity index (χ1n) is 7.24. The summed E-state index contributed by atoms with van der Waals surface area (Å²) in [6, 6.07) is 14.0. The number of halogens is 1. The van der Waals surface area contributed by atoms with Crippen LogP contribution in [0, 0.1) is 12.7 Å². The Morgan fingerprint density at radius 2 is 1.92 bits per heavy atom. The van der Waals surface area contributed by atoms with Crippen LogP contribution in [0.15, 0.2) is 60.9 Å². The maximum Gasteiger partial charge on any atom is 0.343 e. The van der Waals surface area contributed by atoms with E-state index >= 15 is 0 Å². The van der Waals surface area contributed by atoms with Gasteiger partial charge in [-0.15, -0.1) is 0 Å². The zero-order valence-electron chi connectivity index (χ0n) is 12.9. The molecule has 0 aliphatic carbocycles. The lowest BCUT2D eigenvalue weighted by molar-refractivity contribution is 0.0734. The minimum Gasteiger partial charge on any atom is -0.423 e. The van der Waals surface area contributed by atoms with Crippen LogP contribution in [0.5, 0.6) is 5.75 Å². The number of aromatic nitrogens is 2. The van der Waals surface area contributed by atoms with Crippen LogP contribution in [-0.4, -0.2) is 15.9 Å². The fourth-order valence-corrected chi connectivity index (χ4v) is 2.09. The summed E-state index contributed by atoms with van der Waals surface area (Å²) < 4.78 is 18.5. The summed E-state index contributed by atoms with van der Waals surface area (Å²) in [6.07, 6.45) is 1.46. The molecule has 1 heterocycles. The van der Waals surface area contributed by atoms with Gasteiger partial charge in [0.1, 0.15) is 23.7 Å². The normalized spacial score (nSPS) is 10.2. The molecule has 0 aliphatic heterocycles. The van der Waals surface area contributed by atoms with Gasteiger partial charge in [0.15, 0.2) is 0 Å². The Kier molecular flexibility index (Phi) is 4.47. The van der Waals surface area contributed by atoms with Gasteiger partial charge in [0.2, 0.25) is 0 Å². The number of ether oxygens (including phenoxy) is 1. The van der Waals surface area contributed by atoms with Crippen molar-refractivity contribution in [3.63, 3.8) is 0 Å². The van der Waals surface area contributed by atoms with Crippen LogP contribution in [0.3, 0.4) is 0 Å². The van der Waals surface area contributed by atoms with Gasteiger partial charge in [0.25, 0.3) is 0 Å². The molecule has 1 aromatic heterocycles. The number of hydrogen-bond donors (Lipinski definition) is 1. The minimum atomic E-state index is -0.621. The Labute approximate surface area is 138 Å². The topological polar surface area (TPSA) is 64.1 Å². The summed E-state index contributed by atoms with van der Waals surface area (Å²) >= 11 is 0. The van der Waals surface area contributed by atoms with E-state index in [-0.39, 0.29) is 5.56 Å². The average Bonchev–Trinajstić information content (AvgIpc) is 2.55. The molecule has 3 rings (SSSR count). The Balaban J connectivity index is 1.74. The van der Waals surface area contributed by atoms with Crippen molar-refractivity contribution < 1.29 is 13.9 Å². The second-order valence-electron chi connectivity index (χ2n) is 5.10. The van der Waals surface area contributed by atoms with Crippen molar-refractivity contribution in [3.8, 4) is 5.75 Å². The van der Waals surface area contributed by atoms with E-state index in [9.17, 15) is 9.18 Å². The molecule has 3 aromatic rings. The number of carbonyl (C=O) groups is 1. The van der Waals surface area contributed by atoms with Gasteiger partial charge in [0, 0.05) is 23.5 Å². The molecule has 0 radical (unpaired) electrons. The van der Waals surface area contributed by atoms with E-state index in [1.165, 1.54) is 24.5 Å². The Bertz CT molecular complexity index is 883. The van der Waals surface area contributed by atoms with E-state index in [1.54, 1.807) is 24.3 Å². The van der Waals surface area contributed by atoms with Crippen LogP contribution >= 0.6 is 0 Å². The zero-order chi connectivity index (χ0) is 16.9. The molecule has 0 bridgehead atoms. The van der Waals surface area contributed by atoms with E-state index in [4.69, 9.17) is 4.74 Å². The average molecular weight is 323 g/mol. The molecule has 1 N–H and O–H groups in total. The van der Waals surface area contributed by atoms with Gasteiger partial charge in [-0.2, -0.15) is 0 Å². The number of aryl methyl sites for hydroxylation is 1. The first kappa shape index (κ1) is 15.6. The van der Waals surface area contributed by atoms with Crippen molar-refractivity contribution in [2.24, 2.45) is 0 Å². The molecule has 0 atom stereocenters. The molecule has 0 amide bonds. The van der Waals surface area contributed by atoms with E-state index < -0.39 is 11.8 Å². The van der Waals surface area contributed by atoms with Gasteiger partial charge >= 0.3 is 5.97 Å². The van der Waals surface area contributed by atoms with Crippen LogP contribution in [0.25, 0.3) is 0 Å². The van der Waals surface area contributed by atoms with Gasteiger partial charge in [-0.1, -0.05) is 12.1 Å². The van der Waals surface area contributed by atoms with Gasteiger partial charge in [-0.05, 0) is 37.3 Å². The van der Waals surface area contributed by atoms with E-state index in [2.05, 4.69) is 15.3 Å². The highest BCUT2D eigenvalue weighted by molar-refractivity contribution is 5.91. The third-order valence-electron chi connectivity index (χ3n) is 3.18. The van der Waals surface area contributed by atoms with Gasteiger partial charge in [-0.25, -0.2) is 19.2 Å². The van der Waals surface area contributed by atoms with Gasteiger partial charge in [0.05, 0.1) is 5.56 Å². The van der Waals surface area contributed by atoms with Crippen molar-refractivity contribution >= 4 is 17.5 Å². The maximum absolute atomic E-state index is 13.2. The number of hydrogen-bond acceptors (Lipinski definition) is 5. The van der Waals surface area contributed by atoms with Crippen molar-refractivity contribution in [1.82, 2.24) is 9.97 Å². The molecule has 120 valence electrons. The summed E-state index contributed by atoms with van der Waals surface area (Å²) in [7, 11) is 0. The quantitative estimate of drug-likeness (QED) is 0.583. The summed E-state index contributed by atoms with van der Waals surface area (Å²) in [5.74, 6) is -0.125. The monoisotopic (exact) mass is 323 g/mol. The van der Waals surface area contributed by atoms with Crippen LogP contribution in [0.1, 0.15) is 16.1 Å². The third-order valence-corrected chi connectivity index (χ3v) is 3.18. The molecule has 0 aliphatic rings. The Hall–Kier alpha value is -3.28. The summed E-state index contributed by atoms with van der Waals surface area (Å²) in [5.41, 5.74) is 1.69. The molecule has 6 heteroatoms. The molecule has 24 heavy (non-hydrogen) atoms. The van der Waals surface area contributed by atoms with Gasteiger partial charge < -0.3 is 10.1 Å². The molecular formula is C18H14FN3O2. The highest BCUT2D eigenvalue weighted by Crippen LogP contribution is 2.21. The van der Waals surface area contributed by atoms with Crippen molar-refractivity contribution in [1.29, 1.82) is 0 Å². The zero-order valence-corrected chi connectivity index (χ0v) is 12.9. The predicted molar refractivity (Wildman–Crippen MR) is 87.9 cm³/mol. The highest BCUT2D eigenvalue weighted by atomic mass is 19.1. The standard InChI is InChI=1S/C18H14FN3O2/c1-12-8-17(21-11-20-12)22-15-6-3-7-16(10-15)24-18(23)13-4-2-5-14(19)9-13/h2-11H,1H3,(H,20,21,22). The lowest BCUT2D eigenvalue weighted by atomic mass is 10.2. The van der Waals surface area contributed by atoms with E-state index in [0.29, 0.717) is 17.3 Å². The molecule has 2 aromatic carbocycles. The Morgan fingerprint density at radius 3 is 2.71 bits per heavy atom. The molecule has 0 saturated heterocycles. The van der Waals surface area contributed by atoms with Crippen molar-refractivity contribution in [2.45, 2.75) is 6.92 Å². The van der Waals surface area contributed by atoms with E-state index in [1.807, 2.05) is 13.0 Å². The predicted octanol–water partition coefficient (Wildman–Crippen LogP) is 3.89. The van der Waals surface area contributed by atoms with E-state index in [0.717, 1.165) is 11.8 Å². The second kappa shape index (κ2) is 6.87. The summed E-state index contributed by atoms with van der Waals surface area (Å²) in [5, 5.41) is 3.10. The number of carbonyl (C=O) groups excluding carboxylic acids is 1. The third kappa shape index (κ3) is 3.92. The highest BCUT2D eigenvalue weighted by Gasteiger charge is 2.10. The number of benzene rings is 2. The molecule has 0 saturated carbocycles. The first-order chi connectivity index (χ1) is 11.6. The summed E-state index contributed by atoms with van der Waals surface area (Å²) in [4.78, 5) is 20.2. The maximum atomic E-state index is 13.2. The van der Waals surface area contributed by atoms with Crippen LogP contribution < -0.4 is 10.1 Å². The number of nitrogens with zero attached hydrogens (tertiary/aromatic N) is 2. The second-order valence-corrected chi connectivity index (χ2v) is 5.10. The van der Waals surface area contributed by atoms with Gasteiger partial charge in [-0.3, -0.25) is 0 Å². The van der Waals surface area contributed by atoms with Crippen molar-refractivity contribution in [2.75, 3.05) is 5.32 Å². The SMILES string of the molecule is Cc1cc(Nc2cccc(OC(=O)c3cccc(F)c3)c2)ncn1. The largest absolute Gasteiger partial charge is 0.423 e. The molecule has 5 nitrogen and oxygen atoms in total. The lowest BCUT2D eigenvalue weighted by Crippen LogP contribution is -2.08. The first-order valence-corrected chi connectivity index (χ1v) is 7.24. The number of rotatable bonds is 4. The summed E-state index contributed by atoms with van der Waals surface area (Å²) in [6.45, 7) is 1.87.